The lowest BCUT2D eigenvalue weighted by molar-refractivity contribution is -0.132. The van der Waals surface area contributed by atoms with Gasteiger partial charge in [0.2, 0.25) is 5.91 Å². The monoisotopic (exact) mass is 272 g/mol. The minimum Gasteiger partial charge on any atom is -0.497 e. The zero-order valence-corrected chi connectivity index (χ0v) is 11.8. The van der Waals surface area contributed by atoms with Crippen LogP contribution in [0, 0.1) is 11.3 Å². The second-order valence-corrected chi connectivity index (χ2v) is 5.10. The quantitative estimate of drug-likeness (QED) is 0.846. The van der Waals surface area contributed by atoms with Crippen LogP contribution in [0.2, 0.25) is 0 Å². The third-order valence-electron chi connectivity index (χ3n) is 3.74. The van der Waals surface area contributed by atoms with Crippen molar-refractivity contribution in [3.05, 3.63) is 29.8 Å². The van der Waals surface area contributed by atoms with E-state index in [1.54, 1.807) is 7.11 Å². The summed E-state index contributed by atoms with van der Waals surface area (Å²) in [4.78, 5) is 14.1. The van der Waals surface area contributed by atoms with Crippen LogP contribution in [0.4, 0.5) is 0 Å². The zero-order valence-electron chi connectivity index (χ0n) is 11.8. The first-order chi connectivity index (χ1) is 9.74. The van der Waals surface area contributed by atoms with Gasteiger partial charge < -0.3 is 9.64 Å². The molecule has 0 saturated carbocycles. The van der Waals surface area contributed by atoms with E-state index in [4.69, 9.17) is 4.74 Å². The molecule has 0 radical (unpaired) electrons. The van der Waals surface area contributed by atoms with E-state index in [0.717, 1.165) is 31.5 Å². The number of ether oxygens (including phenoxy) is 1. The fourth-order valence-corrected chi connectivity index (χ4v) is 2.54. The second kappa shape index (κ2) is 6.95. The Hall–Kier alpha value is -2.02. The van der Waals surface area contributed by atoms with Crippen LogP contribution in [0.25, 0.3) is 0 Å². The molecule has 0 aliphatic carbocycles. The summed E-state index contributed by atoms with van der Waals surface area (Å²) in [6, 6.07) is 9.63. The lowest BCUT2D eigenvalue weighted by atomic mass is 9.96. The van der Waals surface area contributed by atoms with Crippen LogP contribution in [0.15, 0.2) is 24.3 Å². The Bertz CT molecular complexity index is 501. The summed E-state index contributed by atoms with van der Waals surface area (Å²) in [6.07, 6.45) is 3.59. The molecule has 0 N–H and O–H groups in total. The largest absolute Gasteiger partial charge is 0.497 e. The minimum absolute atomic E-state index is 0.0825. The van der Waals surface area contributed by atoms with Gasteiger partial charge in [0.15, 0.2) is 0 Å². The van der Waals surface area contributed by atoms with E-state index in [2.05, 4.69) is 6.07 Å². The second-order valence-electron chi connectivity index (χ2n) is 5.10. The number of nitrogens with zero attached hydrogens (tertiary/aromatic N) is 2. The number of methoxy groups -OCH3 is 1. The standard InChI is InChI=1S/C16H20N2O2/c1-20-15-7-5-6-13(10-15)14(12-17)11-16(19)18-8-3-2-4-9-18/h5-7,10,14H,2-4,8-9,11H2,1H3. The highest BCUT2D eigenvalue weighted by Gasteiger charge is 2.22. The Kier molecular flexibility index (Phi) is 5.00. The maximum atomic E-state index is 12.2. The third-order valence-corrected chi connectivity index (χ3v) is 3.74. The maximum absolute atomic E-state index is 12.2. The SMILES string of the molecule is COc1cccc(C(C#N)CC(=O)N2CCCCC2)c1. The fraction of sp³-hybridized carbons (Fsp3) is 0.500. The van der Waals surface area contributed by atoms with Crippen molar-refractivity contribution in [3.63, 3.8) is 0 Å². The smallest absolute Gasteiger partial charge is 0.224 e. The van der Waals surface area contributed by atoms with Crippen LogP contribution in [-0.4, -0.2) is 31.0 Å². The van der Waals surface area contributed by atoms with Crippen LogP contribution in [-0.2, 0) is 4.79 Å². The molecule has 1 aliphatic heterocycles. The Morgan fingerprint density at radius 2 is 2.15 bits per heavy atom. The van der Waals surface area contributed by atoms with Crippen LogP contribution < -0.4 is 4.74 Å². The highest BCUT2D eigenvalue weighted by Crippen LogP contribution is 2.24. The average molecular weight is 272 g/mol. The van der Waals surface area contributed by atoms with Crippen molar-refractivity contribution in [2.24, 2.45) is 0 Å². The van der Waals surface area contributed by atoms with Crippen LogP contribution >= 0.6 is 0 Å². The summed E-state index contributed by atoms with van der Waals surface area (Å²) < 4.78 is 5.17. The van der Waals surface area contributed by atoms with Gasteiger partial charge in [0.25, 0.3) is 0 Å². The molecule has 20 heavy (non-hydrogen) atoms. The van der Waals surface area contributed by atoms with E-state index >= 15 is 0 Å². The van der Waals surface area contributed by atoms with E-state index in [9.17, 15) is 10.1 Å². The average Bonchev–Trinajstić information content (AvgIpc) is 2.53. The molecule has 1 heterocycles. The molecule has 1 aromatic carbocycles. The molecular formula is C16H20N2O2. The van der Waals surface area contributed by atoms with Crippen molar-refractivity contribution in [2.45, 2.75) is 31.6 Å². The highest BCUT2D eigenvalue weighted by atomic mass is 16.5. The topological polar surface area (TPSA) is 53.3 Å². The van der Waals surface area contributed by atoms with Crippen LogP contribution in [0.1, 0.15) is 37.2 Å². The first kappa shape index (κ1) is 14.4. The lowest BCUT2D eigenvalue weighted by Gasteiger charge is -2.27. The Morgan fingerprint density at radius 3 is 2.80 bits per heavy atom. The molecule has 1 fully saturated rings. The molecule has 1 unspecified atom stereocenters. The zero-order chi connectivity index (χ0) is 14.4. The van der Waals surface area contributed by atoms with Gasteiger partial charge in [0.05, 0.1) is 19.1 Å². The lowest BCUT2D eigenvalue weighted by Crippen LogP contribution is -2.36. The number of piperidine rings is 1. The predicted molar refractivity (Wildman–Crippen MR) is 76.4 cm³/mol. The molecule has 1 saturated heterocycles. The number of likely N-dealkylation sites (tertiary alicyclic amines) is 1. The number of carbonyl (C=O) groups is 1. The number of hydrogen-bond acceptors (Lipinski definition) is 3. The number of rotatable bonds is 4. The van der Waals surface area contributed by atoms with Gasteiger partial charge in [0, 0.05) is 19.5 Å². The number of benzene rings is 1. The molecule has 0 spiro atoms. The van der Waals surface area contributed by atoms with Gasteiger partial charge in [-0.25, -0.2) is 0 Å². The minimum atomic E-state index is -0.403. The molecule has 2 rings (SSSR count). The Balaban J connectivity index is 2.04. The summed E-state index contributed by atoms with van der Waals surface area (Å²) >= 11 is 0. The van der Waals surface area contributed by atoms with Gasteiger partial charge in [-0.05, 0) is 37.0 Å². The van der Waals surface area contributed by atoms with E-state index < -0.39 is 5.92 Å². The van der Waals surface area contributed by atoms with Gasteiger partial charge >= 0.3 is 0 Å². The van der Waals surface area contributed by atoms with Crippen molar-refractivity contribution in [3.8, 4) is 11.8 Å². The molecule has 1 aliphatic rings. The normalized spacial score (nSPS) is 16.3. The molecule has 1 aromatic rings. The molecule has 1 atom stereocenters. The summed E-state index contributed by atoms with van der Waals surface area (Å²) in [5.74, 6) is 0.395. The number of nitriles is 1. The Labute approximate surface area is 120 Å². The van der Waals surface area contributed by atoms with Gasteiger partial charge in [0.1, 0.15) is 5.75 Å². The predicted octanol–water partition coefficient (Wildman–Crippen LogP) is 2.70. The van der Waals surface area contributed by atoms with Crippen molar-refractivity contribution < 1.29 is 9.53 Å². The van der Waals surface area contributed by atoms with Crippen molar-refractivity contribution >= 4 is 5.91 Å². The fourth-order valence-electron chi connectivity index (χ4n) is 2.54. The summed E-state index contributed by atoms with van der Waals surface area (Å²) in [5.41, 5.74) is 0.845. The van der Waals surface area contributed by atoms with Gasteiger partial charge in [-0.15, -0.1) is 0 Å². The molecule has 0 aromatic heterocycles. The van der Waals surface area contributed by atoms with E-state index in [1.165, 1.54) is 6.42 Å². The van der Waals surface area contributed by atoms with Gasteiger partial charge in [-0.3, -0.25) is 4.79 Å². The van der Waals surface area contributed by atoms with E-state index in [0.29, 0.717) is 5.75 Å². The number of carbonyl (C=O) groups excluding carboxylic acids is 1. The Morgan fingerprint density at radius 1 is 1.40 bits per heavy atom. The first-order valence-corrected chi connectivity index (χ1v) is 7.06. The highest BCUT2D eigenvalue weighted by molar-refractivity contribution is 5.77. The van der Waals surface area contributed by atoms with Crippen LogP contribution in [0.3, 0.4) is 0 Å². The number of amides is 1. The molecule has 1 amide bonds. The summed E-state index contributed by atoms with van der Waals surface area (Å²) in [5, 5.41) is 9.33. The number of hydrogen-bond donors (Lipinski definition) is 0. The van der Waals surface area contributed by atoms with E-state index in [1.807, 2.05) is 29.2 Å². The maximum Gasteiger partial charge on any atom is 0.224 e. The first-order valence-electron chi connectivity index (χ1n) is 7.06. The van der Waals surface area contributed by atoms with Crippen LogP contribution in [0.5, 0.6) is 5.75 Å². The molecular weight excluding hydrogens is 252 g/mol. The van der Waals surface area contributed by atoms with Gasteiger partial charge in [-0.2, -0.15) is 5.26 Å². The summed E-state index contributed by atoms with van der Waals surface area (Å²) in [7, 11) is 1.60. The molecule has 106 valence electrons. The third kappa shape index (κ3) is 3.51. The van der Waals surface area contributed by atoms with Crippen molar-refractivity contribution in [1.82, 2.24) is 4.90 Å². The van der Waals surface area contributed by atoms with Crippen molar-refractivity contribution in [2.75, 3.05) is 20.2 Å². The summed E-state index contributed by atoms with van der Waals surface area (Å²) in [6.45, 7) is 1.66. The van der Waals surface area contributed by atoms with Crippen molar-refractivity contribution in [1.29, 1.82) is 5.26 Å². The van der Waals surface area contributed by atoms with Gasteiger partial charge in [-0.1, -0.05) is 12.1 Å². The molecule has 0 bridgehead atoms. The molecule has 4 nitrogen and oxygen atoms in total. The molecule has 4 heteroatoms. The van der Waals surface area contributed by atoms with E-state index in [-0.39, 0.29) is 12.3 Å².